The summed E-state index contributed by atoms with van der Waals surface area (Å²) in [6, 6.07) is 17.6. The number of aromatic nitrogens is 3. The molecule has 0 radical (unpaired) electrons. The van der Waals surface area contributed by atoms with Gasteiger partial charge in [0, 0.05) is 53.5 Å². The Bertz CT molecular complexity index is 1390. The van der Waals surface area contributed by atoms with E-state index in [0.717, 1.165) is 28.9 Å². The fourth-order valence-electron chi connectivity index (χ4n) is 4.22. The van der Waals surface area contributed by atoms with Crippen molar-refractivity contribution in [1.29, 1.82) is 0 Å². The summed E-state index contributed by atoms with van der Waals surface area (Å²) in [5.41, 5.74) is 10.8. The van der Waals surface area contributed by atoms with Crippen molar-refractivity contribution >= 4 is 39.8 Å². The second kappa shape index (κ2) is 10.5. The normalized spacial score (nSPS) is 15.5. The lowest BCUT2D eigenvalue weighted by Gasteiger charge is -2.36. The van der Waals surface area contributed by atoms with Gasteiger partial charge in [0.05, 0.1) is 24.9 Å². The average Bonchev–Trinajstić information content (AvgIpc) is 2.93. The maximum atomic E-state index is 11.7. The lowest BCUT2D eigenvalue weighted by molar-refractivity contribution is -0.111. The van der Waals surface area contributed by atoms with Crippen LogP contribution >= 0.6 is 0 Å². The van der Waals surface area contributed by atoms with Gasteiger partial charge in [-0.1, -0.05) is 18.7 Å². The first-order valence-electron chi connectivity index (χ1n) is 11.7. The van der Waals surface area contributed by atoms with E-state index in [1.807, 2.05) is 42.5 Å². The number of carbonyl (C=O) groups is 1. The van der Waals surface area contributed by atoms with Crippen molar-refractivity contribution in [1.82, 2.24) is 15.0 Å². The number of hydrogen-bond acceptors (Lipinski definition) is 8. The molecule has 1 aliphatic rings. The highest BCUT2D eigenvalue weighted by atomic mass is 16.5. The number of hydrogen-bond donors (Lipinski definition) is 3. The summed E-state index contributed by atoms with van der Waals surface area (Å²) < 4.78 is 5.55. The predicted octanol–water partition coefficient (Wildman–Crippen LogP) is 3.72. The van der Waals surface area contributed by atoms with Crippen LogP contribution < -0.4 is 21.3 Å². The number of ether oxygens (including phenoxy) is 1. The van der Waals surface area contributed by atoms with E-state index < -0.39 is 0 Å². The Labute approximate surface area is 209 Å². The molecule has 2 aromatic heterocycles. The minimum atomic E-state index is -0.273. The van der Waals surface area contributed by atoms with Crippen LogP contribution in [-0.2, 0) is 9.53 Å². The average molecular weight is 482 g/mol. The molecule has 4 aromatic rings. The zero-order valence-corrected chi connectivity index (χ0v) is 19.7. The topological polar surface area (TPSA) is 118 Å². The fraction of sp³-hybridized carbons (Fsp3) is 0.185. The quantitative estimate of drug-likeness (QED) is 0.342. The Morgan fingerprint density at radius 1 is 1.17 bits per heavy atom. The number of anilines is 4. The van der Waals surface area contributed by atoms with Gasteiger partial charge in [0.25, 0.3) is 0 Å². The minimum Gasteiger partial charge on any atom is -0.377 e. The van der Waals surface area contributed by atoms with E-state index in [0.29, 0.717) is 42.6 Å². The lowest BCUT2D eigenvalue weighted by atomic mass is 10.1. The number of nitrogens with one attached hydrogen (secondary N) is 2. The molecule has 182 valence electrons. The van der Waals surface area contributed by atoms with Crippen molar-refractivity contribution < 1.29 is 9.53 Å². The molecule has 1 aliphatic heterocycles. The lowest BCUT2D eigenvalue weighted by Crippen LogP contribution is -2.49. The number of morpholine rings is 1. The molecule has 0 spiro atoms. The number of carbonyl (C=O) groups excluding carboxylic acids is 1. The van der Waals surface area contributed by atoms with E-state index in [9.17, 15) is 4.79 Å². The van der Waals surface area contributed by atoms with Crippen LogP contribution in [0.1, 0.15) is 0 Å². The van der Waals surface area contributed by atoms with Crippen LogP contribution in [0.25, 0.3) is 22.2 Å². The van der Waals surface area contributed by atoms with E-state index in [-0.39, 0.29) is 11.9 Å². The van der Waals surface area contributed by atoms with Gasteiger partial charge >= 0.3 is 0 Å². The number of benzene rings is 2. The third-order valence-corrected chi connectivity index (χ3v) is 6.04. The molecule has 1 fully saturated rings. The molecule has 2 aromatic carbocycles. The summed E-state index contributed by atoms with van der Waals surface area (Å²) in [6.45, 7) is 6.20. The van der Waals surface area contributed by atoms with E-state index in [2.05, 4.69) is 44.2 Å². The van der Waals surface area contributed by atoms with Crippen LogP contribution in [0.15, 0.2) is 79.6 Å². The molecular formula is C27H27N7O2. The van der Waals surface area contributed by atoms with Gasteiger partial charge in [-0.15, -0.1) is 0 Å². The maximum Gasteiger partial charge on any atom is 0.247 e. The Hall–Kier alpha value is -4.34. The van der Waals surface area contributed by atoms with Gasteiger partial charge in [-0.05, 0) is 48.5 Å². The van der Waals surface area contributed by atoms with Gasteiger partial charge in [-0.25, -0.2) is 9.97 Å². The molecule has 0 aliphatic carbocycles. The number of amides is 1. The molecule has 1 saturated heterocycles. The van der Waals surface area contributed by atoms with E-state index in [1.165, 1.54) is 6.08 Å². The van der Waals surface area contributed by atoms with Gasteiger partial charge in [-0.2, -0.15) is 0 Å². The van der Waals surface area contributed by atoms with E-state index in [1.54, 1.807) is 12.4 Å². The molecule has 9 nitrogen and oxygen atoms in total. The van der Waals surface area contributed by atoms with Crippen molar-refractivity contribution in [2.75, 3.05) is 41.8 Å². The van der Waals surface area contributed by atoms with Crippen molar-refractivity contribution in [3.63, 3.8) is 0 Å². The van der Waals surface area contributed by atoms with Crippen LogP contribution in [0.4, 0.5) is 23.0 Å². The molecule has 1 amide bonds. The monoisotopic (exact) mass is 481 g/mol. The Morgan fingerprint density at radius 2 is 2.03 bits per heavy atom. The highest BCUT2D eigenvalue weighted by Gasteiger charge is 2.21. The van der Waals surface area contributed by atoms with E-state index in [4.69, 9.17) is 15.5 Å². The molecule has 0 bridgehead atoms. The molecule has 4 N–H and O–H groups in total. The first-order valence-corrected chi connectivity index (χ1v) is 11.7. The van der Waals surface area contributed by atoms with Crippen LogP contribution in [0.3, 0.4) is 0 Å². The number of pyridine rings is 1. The van der Waals surface area contributed by atoms with Gasteiger partial charge in [0.1, 0.15) is 5.52 Å². The third-order valence-electron chi connectivity index (χ3n) is 6.04. The molecule has 36 heavy (non-hydrogen) atoms. The molecule has 5 rings (SSSR count). The first kappa shape index (κ1) is 23.4. The summed E-state index contributed by atoms with van der Waals surface area (Å²) in [7, 11) is 0. The van der Waals surface area contributed by atoms with Gasteiger partial charge in [-0.3, -0.25) is 9.78 Å². The first-order chi connectivity index (χ1) is 17.6. The van der Waals surface area contributed by atoms with Crippen LogP contribution in [-0.4, -0.2) is 53.2 Å². The maximum absolute atomic E-state index is 11.7. The Balaban J connectivity index is 1.40. The zero-order chi connectivity index (χ0) is 24.9. The van der Waals surface area contributed by atoms with Gasteiger partial charge < -0.3 is 26.0 Å². The molecular weight excluding hydrogens is 454 g/mol. The van der Waals surface area contributed by atoms with Gasteiger partial charge in [0.15, 0.2) is 0 Å². The fourth-order valence-corrected chi connectivity index (χ4v) is 4.22. The standard InChI is InChI=1S/C27H27N7O2/c1-2-24(35)31-21-5-3-4-18(14-21)25-26-19(10-11-29-25)16-30-27(33-26)32-20-6-8-22(9-7-20)34-12-13-36-17-23(34)15-28/h2-11,14,16,23H,1,12-13,15,17,28H2,(H,31,35)(H,30,32,33)/t23-/m0/s1. The number of nitrogens with zero attached hydrogens (tertiary/aromatic N) is 4. The van der Waals surface area contributed by atoms with E-state index >= 15 is 0 Å². The second-order valence-electron chi connectivity index (χ2n) is 8.39. The summed E-state index contributed by atoms with van der Waals surface area (Å²) in [6.07, 6.45) is 4.73. The van der Waals surface area contributed by atoms with Crippen molar-refractivity contribution in [3.05, 3.63) is 79.6 Å². The Kier molecular flexibility index (Phi) is 6.83. The molecule has 0 unspecified atom stereocenters. The minimum absolute atomic E-state index is 0.177. The zero-order valence-electron chi connectivity index (χ0n) is 19.7. The van der Waals surface area contributed by atoms with Crippen molar-refractivity contribution in [2.24, 2.45) is 5.73 Å². The smallest absolute Gasteiger partial charge is 0.247 e. The largest absolute Gasteiger partial charge is 0.377 e. The highest BCUT2D eigenvalue weighted by molar-refractivity contribution is 5.99. The van der Waals surface area contributed by atoms with Crippen LogP contribution in [0.2, 0.25) is 0 Å². The van der Waals surface area contributed by atoms with Crippen molar-refractivity contribution in [3.8, 4) is 11.3 Å². The molecule has 1 atom stereocenters. The number of fused-ring (bicyclic) bond motifs is 1. The van der Waals surface area contributed by atoms with Gasteiger partial charge in [0.2, 0.25) is 11.9 Å². The SMILES string of the molecule is C=CC(=O)Nc1cccc(-c2nccc3cnc(Nc4ccc(N5CCOC[C@@H]5CN)cc4)nc23)c1. The molecule has 0 saturated carbocycles. The second-order valence-corrected chi connectivity index (χ2v) is 8.39. The third kappa shape index (κ3) is 5.02. The molecule has 3 heterocycles. The number of rotatable bonds is 7. The summed E-state index contributed by atoms with van der Waals surface area (Å²) in [4.78, 5) is 27.8. The Morgan fingerprint density at radius 3 is 2.83 bits per heavy atom. The van der Waals surface area contributed by atoms with Crippen molar-refractivity contribution in [2.45, 2.75) is 6.04 Å². The molecule has 9 heteroatoms. The summed E-state index contributed by atoms with van der Waals surface area (Å²) in [5.74, 6) is 0.192. The highest BCUT2D eigenvalue weighted by Crippen LogP contribution is 2.28. The summed E-state index contributed by atoms with van der Waals surface area (Å²) >= 11 is 0. The van der Waals surface area contributed by atoms with Crippen LogP contribution in [0.5, 0.6) is 0 Å². The summed E-state index contributed by atoms with van der Waals surface area (Å²) in [5, 5.41) is 6.93. The van der Waals surface area contributed by atoms with Crippen LogP contribution in [0, 0.1) is 0 Å². The number of nitrogens with two attached hydrogens (primary N) is 1. The predicted molar refractivity (Wildman–Crippen MR) is 142 cm³/mol.